The van der Waals surface area contributed by atoms with E-state index < -0.39 is 5.41 Å². The zero-order valence-corrected chi connectivity index (χ0v) is 17.9. The minimum atomic E-state index is -0.697. The number of amides is 2. The Hall–Kier alpha value is -2.80. The van der Waals surface area contributed by atoms with Gasteiger partial charge < -0.3 is 15.0 Å². The van der Waals surface area contributed by atoms with E-state index in [4.69, 9.17) is 4.74 Å². The van der Waals surface area contributed by atoms with E-state index in [1.165, 1.54) is 13.4 Å². The fourth-order valence-corrected chi connectivity index (χ4v) is 4.14. The van der Waals surface area contributed by atoms with Crippen molar-refractivity contribution in [3.05, 3.63) is 48.5 Å². The fraction of sp³-hybridized carbons (Fsp3) is 0.478. The number of aromatic nitrogens is 2. The molecule has 0 unspecified atom stereocenters. The first-order valence-corrected chi connectivity index (χ1v) is 10.4. The number of ether oxygens (including phenoxy) is 1. The topological polar surface area (TPSA) is 84.4 Å². The third-order valence-electron chi connectivity index (χ3n) is 5.52. The maximum absolute atomic E-state index is 13.4. The molecule has 160 valence electrons. The summed E-state index contributed by atoms with van der Waals surface area (Å²) in [6.45, 7) is 4.97. The number of piperidine rings is 1. The van der Waals surface area contributed by atoms with E-state index in [9.17, 15) is 9.59 Å². The molecular formula is C23H30N4O3. The summed E-state index contributed by atoms with van der Waals surface area (Å²) in [6.07, 6.45) is 7.10. The summed E-state index contributed by atoms with van der Waals surface area (Å²) in [6, 6.07) is 8.05. The molecule has 2 heterocycles. The highest BCUT2D eigenvalue weighted by atomic mass is 16.5. The normalized spacial score (nSPS) is 19.0. The van der Waals surface area contributed by atoms with Gasteiger partial charge in [-0.25, -0.2) is 9.97 Å². The largest absolute Gasteiger partial charge is 0.375 e. The number of hydrogen-bond acceptors (Lipinski definition) is 5. The second kappa shape index (κ2) is 9.80. The maximum Gasteiger partial charge on any atom is 0.248 e. The van der Waals surface area contributed by atoms with Crippen LogP contribution in [0.5, 0.6) is 0 Å². The van der Waals surface area contributed by atoms with E-state index in [2.05, 4.69) is 15.3 Å². The summed E-state index contributed by atoms with van der Waals surface area (Å²) in [7, 11) is 1.51. The second-order valence-corrected chi connectivity index (χ2v) is 8.22. The molecule has 30 heavy (non-hydrogen) atoms. The Morgan fingerprint density at radius 2 is 1.97 bits per heavy atom. The van der Waals surface area contributed by atoms with E-state index in [1.807, 2.05) is 38.1 Å². The molecule has 7 nitrogen and oxygen atoms in total. The first-order valence-electron chi connectivity index (χ1n) is 10.4. The molecular weight excluding hydrogens is 380 g/mol. The lowest BCUT2D eigenvalue weighted by Gasteiger charge is -2.42. The summed E-state index contributed by atoms with van der Waals surface area (Å²) in [5.41, 5.74) is 2.27. The number of benzene rings is 1. The Kier molecular flexibility index (Phi) is 7.15. The maximum atomic E-state index is 13.4. The molecule has 1 saturated heterocycles. The SMILES string of the molecule is COCC(=O)N1CCC[C@@](Cc2ccccc2-c2cncnc2)(C(=O)NC(C)C)C1. The van der Waals surface area contributed by atoms with Gasteiger partial charge in [0.05, 0.1) is 5.41 Å². The minimum Gasteiger partial charge on any atom is -0.375 e. The molecule has 1 fully saturated rings. The third kappa shape index (κ3) is 5.02. The fourth-order valence-electron chi connectivity index (χ4n) is 4.14. The predicted octanol–water partition coefficient (Wildman–Crippen LogP) is 2.47. The van der Waals surface area contributed by atoms with Gasteiger partial charge in [0.25, 0.3) is 0 Å². The van der Waals surface area contributed by atoms with Crippen LogP contribution in [-0.4, -0.2) is 59.5 Å². The van der Waals surface area contributed by atoms with Crippen LogP contribution in [0.2, 0.25) is 0 Å². The van der Waals surface area contributed by atoms with Crippen molar-refractivity contribution < 1.29 is 14.3 Å². The molecule has 0 bridgehead atoms. The van der Waals surface area contributed by atoms with Gasteiger partial charge >= 0.3 is 0 Å². The van der Waals surface area contributed by atoms with Crippen LogP contribution in [0.15, 0.2) is 43.0 Å². The number of rotatable bonds is 7. The molecule has 3 rings (SSSR count). The van der Waals surface area contributed by atoms with Crippen molar-refractivity contribution >= 4 is 11.8 Å². The van der Waals surface area contributed by atoms with Crippen LogP contribution in [0.4, 0.5) is 0 Å². The summed E-state index contributed by atoms with van der Waals surface area (Å²) < 4.78 is 5.04. The van der Waals surface area contributed by atoms with Crippen LogP contribution >= 0.6 is 0 Å². The molecule has 0 aliphatic carbocycles. The Labute approximate surface area is 177 Å². The molecule has 1 N–H and O–H groups in total. The first kappa shape index (κ1) is 21.9. The van der Waals surface area contributed by atoms with E-state index in [1.54, 1.807) is 17.3 Å². The number of methoxy groups -OCH3 is 1. The van der Waals surface area contributed by atoms with Gasteiger partial charge in [0.1, 0.15) is 12.9 Å². The summed E-state index contributed by atoms with van der Waals surface area (Å²) in [5, 5.41) is 3.09. The molecule has 1 aliphatic heterocycles. The van der Waals surface area contributed by atoms with Gasteiger partial charge in [0.15, 0.2) is 0 Å². The first-order chi connectivity index (χ1) is 14.4. The lowest BCUT2D eigenvalue weighted by atomic mass is 9.73. The van der Waals surface area contributed by atoms with Crippen LogP contribution < -0.4 is 5.32 Å². The van der Waals surface area contributed by atoms with Gasteiger partial charge in [0.2, 0.25) is 11.8 Å². The monoisotopic (exact) mass is 410 g/mol. The highest BCUT2D eigenvalue weighted by molar-refractivity contribution is 5.86. The lowest BCUT2D eigenvalue weighted by Crippen LogP contribution is -2.56. The molecule has 1 aromatic carbocycles. The van der Waals surface area contributed by atoms with E-state index >= 15 is 0 Å². The highest BCUT2D eigenvalue weighted by Gasteiger charge is 2.44. The van der Waals surface area contributed by atoms with Crippen LogP contribution in [0.1, 0.15) is 32.3 Å². The minimum absolute atomic E-state index is 0.00784. The number of hydrogen-bond donors (Lipinski definition) is 1. The van der Waals surface area contributed by atoms with Crippen molar-refractivity contribution in [3.8, 4) is 11.1 Å². The summed E-state index contributed by atoms with van der Waals surface area (Å²) in [5.74, 6) is -0.0878. The van der Waals surface area contributed by atoms with Crippen molar-refractivity contribution in [2.24, 2.45) is 5.41 Å². The number of nitrogens with one attached hydrogen (secondary N) is 1. The van der Waals surface area contributed by atoms with Crippen molar-refractivity contribution in [1.29, 1.82) is 0 Å². The van der Waals surface area contributed by atoms with Crippen molar-refractivity contribution in [3.63, 3.8) is 0 Å². The molecule has 2 aromatic rings. The Morgan fingerprint density at radius 3 is 2.67 bits per heavy atom. The molecule has 1 atom stereocenters. The van der Waals surface area contributed by atoms with Gasteiger partial charge in [-0.1, -0.05) is 24.3 Å². The van der Waals surface area contributed by atoms with E-state index in [-0.39, 0.29) is 24.5 Å². The quantitative estimate of drug-likeness (QED) is 0.758. The van der Waals surface area contributed by atoms with E-state index in [0.717, 1.165) is 29.5 Å². The van der Waals surface area contributed by atoms with Gasteiger partial charge in [-0.15, -0.1) is 0 Å². The standard InChI is InChI=1S/C23H30N4O3/c1-17(2)26-22(29)23(9-6-10-27(15-23)21(28)14-30-3)11-18-7-4-5-8-20(18)19-12-24-16-25-13-19/h4-5,7-8,12-13,16-17H,6,9-11,14-15H2,1-3H3,(H,26,29)/t23-/m0/s1. The van der Waals surface area contributed by atoms with Crippen molar-refractivity contribution in [2.75, 3.05) is 26.8 Å². The van der Waals surface area contributed by atoms with Gasteiger partial charge in [0, 0.05) is 44.2 Å². The Bertz CT molecular complexity index is 872. The molecule has 0 radical (unpaired) electrons. The van der Waals surface area contributed by atoms with Gasteiger partial charge in [-0.3, -0.25) is 9.59 Å². The molecule has 2 amide bonds. The van der Waals surface area contributed by atoms with Crippen molar-refractivity contribution in [2.45, 2.75) is 39.2 Å². The van der Waals surface area contributed by atoms with Gasteiger partial charge in [-0.05, 0) is 44.2 Å². The van der Waals surface area contributed by atoms with Crippen LogP contribution in [0.25, 0.3) is 11.1 Å². The zero-order valence-electron chi connectivity index (χ0n) is 17.9. The third-order valence-corrected chi connectivity index (χ3v) is 5.52. The highest BCUT2D eigenvalue weighted by Crippen LogP contribution is 2.37. The molecule has 7 heteroatoms. The summed E-state index contributed by atoms with van der Waals surface area (Å²) >= 11 is 0. The van der Waals surface area contributed by atoms with Gasteiger partial charge in [-0.2, -0.15) is 0 Å². The number of nitrogens with zero attached hydrogens (tertiary/aromatic N) is 3. The summed E-state index contributed by atoms with van der Waals surface area (Å²) in [4.78, 5) is 36.0. The average Bonchev–Trinajstić information content (AvgIpc) is 2.74. The molecule has 0 saturated carbocycles. The van der Waals surface area contributed by atoms with Crippen LogP contribution in [0.3, 0.4) is 0 Å². The molecule has 1 aliphatic rings. The molecule has 0 spiro atoms. The number of likely N-dealkylation sites (tertiary alicyclic amines) is 1. The number of carbonyl (C=O) groups is 2. The zero-order chi connectivity index (χ0) is 21.6. The van der Waals surface area contributed by atoms with E-state index in [0.29, 0.717) is 19.5 Å². The Balaban J connectivity index is 1.97. The smallest absolute Gasteiger partial charge is 0.248 e. The second-order valence-electron chi connectivity index (χ2n) is 8.22. The molecule has 1 aromatic heterocycles. The van der Waals surface area contributed by atoms with Crippen LogP contribution in [-0.2, 0) is 20.7 Å². The predicted molar refractivity (Wildman–Crippen MR) is 115 cm³/mol. The van der Waals surface area contributed by atoms with Crippen molar-refractivity contribution in [1.82, 2.24) is 20.2 Å². The van der Waals surface area contributed by atoms with Crippen LogP contribution in [0, 0.1) is 5.41 Å². The Morgan fingerprint density at radius 1 is 1.23 bits per heavy atom. The number of carbonyl (C=O) groups excluding carboxylic acids is 2. The lowest BCUT2D eigenvalue weighted by molar-refractivity contribution is -0.144. The average molecular weight is 411 g/mol.